The number of likely N-dealkylation sites (tertiary alicyclic amines) is 1. The fourth-order valence-corrected chi connectivity index (χ4v) is 4.28. The van der Waals surface area contributed by atoms with Gasteiger partial charge in [-0.2, -0.15) is 0 Å². The molecule has 3 rings (SSSR count). The van der Waals surface area contributed by atoms with Gasteiger partial charge in [0.1, 0.15) is 11.6 Å². The van der Waals surface area contributed by atoms with Crippen LogP contribution in [0.2, 0.25) is 0 Å². The first kappa shape index (κ1) is 16.4. The molecule has 3 nitrogen and oxygen atoms in total. The average molecular weight is 323 g/mol. The molecular weight excluding hydrogens is 300 g/mol. The molecule has 5 heteroatoms. The summed E-state index contributed by atoms with van der Waals surface area (Å²) in [4.78, 5) is 14.3. The fourth-order valence-electron chi connectivity index (χ4n) is 4.28. The van der Waals surface area contributed by atoms with Crippen molar-refractivity contribution in [2.45, 2.75) is 44.6 Å². The number of rotatable bonds is 3. The summed E-state index contributed by atoms with van der Waals surface area (Å²) in [6, 6.07) is 3.71. The van der Waals surface area contributed by atoms with E-state index in [-0.39, 0.29) is 29.4 Å². The second-order valence-corrected chi connectivity index (χ2v) is 6.77. The third kappa shape index (κ3) is 3.11. The first-order valence-corrected chi connectivity index (χ1v) is 8.29. The van der Waals surface area contributed by atoms with Crippen molar-refractivity contribution in [2.24, 2.45) is 5.41 Å². The number of ether oxygens (including phenoxy) is 1. The van der Waals surface area contributed by atoms with E-state index in [0.29, 0.717) is 13.1 Å². The van der Waals surface area contributed by atoms with Gasteiger partial charge in [-0.15, -0.1) is 0 Å². The third-order valence-corrected chi connectivity index (χ3v) is 5.46. The molecule has 0 unspecified atom stereocenters. The van der Waals surface area contributed by atoms with Crippen LogP contribution in [-0.4, -0.2) is 37.1 Å². The third-order valence-electron chi connectivity index (χ3n) is 5.46. The Hall–Kier alpha value is -1.49. The molecule has 2 aliphatic rings. The summed E-state index contributed by atoms with van der Waals surface area (Å²) >= 11 is 0. The maximum Gasteiger partial charge on any atom is 0.227 e. The molecule has 0 bridgehead atoms. The zero-order valence-electron chi connectivity index (χ0n) is 13.5. The van der Waals surface area contributed by atoms with E-state index in [0.717, 1.165) is 32.1 Å². The molecule has 1 saturated carbocycles. The molecule has 1 spiro atoms. The molecule has 1 amide bonds. The molecule has 2 fully saturated rings. The van der Waals surface area contributed by atoms with Gasteiger partial charge < -0.3 is 9.64 Å². The van der Waals surface area contributed by atoms with Crippen molar-refractivity contribution in [3.05, 3.63) is 35.4 Å². The van der Waals surface area contributed by atoms with E-state index in [9.17, 15) is 13.6 Å². The molecule has 2 atom stereocenters. The first-order chi connectivity index (χ1) is 11.1. The Balaban J connectivity index is 1.73. The Morgan fingerprint density at radius 1 is 1.30 bits per heavy atom. The Morgan fingerprint density at radius 3 is 2.70 bits per heavy atom. The molecule has 0 radical (unpaired) electrons. The van der Waals surface area contributed by atoms with Crippen LogP contribution in [0.25, 0.3) is 0 Å². The summed E-state index contributed by atoms with van der Waals surface area (Å²) in [5, 5.41) is 0. The van der Waals surface area contributed by atoms with E-state index in [1.54, 1.807) is 12.0 Å². The van der Waals surface area contributed by atoms with E-state index in [4.69, 9.17) is 4.74 Å². The van der Waals surface area contributed by atoms with Gasteiger partial charge in [-0.25, -0.2) is 8.78 Å². The van der Waals surface area contributed by atoms with Crippen LogP contribution in [0.3, 0.4) is 0 Å². The maximum atomic E-state index is 13.8. The number of nitrogens with zero attached hydrogens (tertiary/aromatic N) is 1. The van der Waals surface area contributed by atoms with Gasteiger partial charge in [-0.1, -0.05) is 12.5 Å². The SMILES string of the molecule is CO[C@@H]1CCC[C@]12CCCN(C(=O)Cc1c(F)cccc1F)C2. The normalized spacial score (nSPS) is 27.6. The number of hydrogen-bond acceptors (Lipinski definition) is 2. The minimum Gasteiger partial charge on any atom is -0.381 e. The number of halogens is 2. The summed E-state index contributed by atoms with van der Waals surface area (Å²) < 4.78 is 33.1. The largest absolute Gasteiger partial charge is 0.381 e. The van der Waals surface area contributed by atoms with Gasteiger partial charge >= 0.3 is 0 Å². The standard InChI is InChI=1S/C18H23F2NO2/c1-23-16-7-3-8-18(16)9-4-10-21(12-18)17(22)11-13-14(19)5-2-6-15(13)20/h2,5-6,16H,3-4,7-12H2,1H3/t16-,18-/m1/s1. The predicted octanol–water partition coefficient (Wildman–Crippen LogP) is 3.32. The molecule has 1 aliphatic heterocycles. The second kappa shape index (κ2) is 6.56. The molecule has 1 aromatic carbocycles. The zero-order chi connectivity index (χ0) is 16.4. The lowest BCUT2D eigenvalue weighted by Crippen LogP contribution is -2.50. The molecule has 0 aromatic heterocycles. The Labute approximate surface area is 135 Å². The predicted molar refractivity (Wildman–Crippen MR) is 83.0 cm³/mol. The summed E-state index contributed by atoms with van der Waals surface area (Å²) in [7, 11) is 1.73. The number of carbonyl (C=O) groups is 1. The van der Waals surface area contributed by atoms with Crippen molar-refractivity contribution in [3.8, 4) is 0 Å². The lowest BCUT2D eigenvalue weighted by Gasteiger charge is -2.43. The number of amides is 1. The van der Waals surface area contributed by atoms with Gasteiger partial charge in [-0.05, 0) is 37.8 Å². The Kier molecular flexibility index (Phi) is 4.67. The molecule has 1 saturated heterocycles. The number of piperidine rings is 1. The summed E-state index contributed by atoms with van der Waals surface area (Å²) in [6.45, 7) is 1.30. The number of methoxy groups -OCH3 is 1. The molecule has 126 valence electrons. The second-order valence-electron chi connectivity index (χ2n) is 6.77. The van der Waals surface area contributed by atoms with E-state index in [1.165, 1.54) is 18.2 Å². The first-order valence-electron chi connectivity index (χ1n) is 8.29. The highest BCUT2D eigenvalue weighted by Gasteiger charge is 2.46. The lowest BCUT2D eigenvalue weighted by atomic mass is 9.76. The summed E-state index contributed by atoms with van der Waals surface area (Å²) in [6.07, 6.45) is 5.15. The Bertz CT molecular complexity index is 572. The highest BCUT2D eigenvalue weighted by atomic mass is 19.1. The Morgan fingerprint density at radius 2 is 2.00 bits per heavy atom. The van der Waals surface area contributed by atoms with E-state index in [2.05, 4.69) is 0 Å². The quantitative estimate of drug-likeness (QED) is 0.854. The summed E-state index contributed by atoms with van der Waals surface area (Å²) in [5.74, 6) is -1.50. The van der Waals surface area contributed by atoms with Gasteiger partial charge in [-0.3, -0.25) is 4.79 Å². The smallest absolute Gasteiger partial charge is 0.227 e. The van der Waals surface area contributed by atoms with Gasteiger partial charge in [0.05, 0.1) is 12.5 Å². The molecule has 1 aliphatic carbocycles. The molecule has 1 aromatic rings. The topological polar surface area (TPSA) is 29.5 Å². The van der Waals surface area contributed by atoms with Crippen molar-refractivity contribution in [1.29, 1.82) is 0 Å². The summed E-state index contributed by atoms with van der Waals surface area (Å²) in [5.41, 5.74) is -0.108. The van der Waals surface area contributed by atoms with Crippen molar-refractivity contribution in [2.75, 3.05) is 20.2 Å². The minimum atomic E-state index is -0.652. The van der Waals surface area contributed by atoms with Crippen molar-refractivity contribution in [3.63, 3.8) is 0 Å². The van der Waals surface area contributed by atoms with Crippen molar-refractivity contribution < 1.29 is 18.3 Å². The van der Waals surface area contributed by atoms with Gasteiger partial charge in [0, 0.05) is 31.2 Å². The number of carbonyl (C=O) groups excluding carboxylic acids is 1. The van der Waals surface area contributed by atoms with Gasteiger partial charge in [0.2, 0.25) is 5.91 Å². The number of benzene rings is 1. The van der Waals surface area contributed by atoms with E-state index >= 15 is 0 Å². The van der Waals surface area contributed by atoms with Crippen LogP contribution in [-0.2, 0) is 16.0 Å². The van der Waals surface area contributed by atoms with Crippen molar-refractivity contribution >= 4 is 5.91 Å². The minimum absolute atomic E-state index is 0.0242. The van der Waals surface area contributed by atoms with Crippen LogP contribution in [0.1, 0.15) is 37.7 Å². The van der Waals surface area contributed by atoms with Gasteiger partial charge in [0.15, 0.2) is 0 Å². The monoisotopic (exact) mass is 323 g/mol. The zero-order valence-corrected chi connectivity index (χ0v) is 13.5. The van der Waals surface area contributed by atoms with Crippen LogP contribution in [0.4, 0.5) is 8.78 Å². The van der Waals surface area contributed by atoms with Crippen LogP contribution in [0.15, 0.2) is 18.2 Å². The van der Waals surface area contributed by atoms with Crippen LogP contribution < -0.4 is 0 Å². The van der Waals surface area contributed by atoms with Crippen LogP contribution in [0.5, 0.6) is 0 Å². The highest BCUT2D eigenvalue weighted by molar-refractivity contribution is 5.79. The van der Waals surface area contributed by atoms with E-state index in [1.807, 2.05) is 0 Å². The molecular formula is C18H23F2NO2. The highest BCUT2D eigenvalue weighted by Crippen LogP contribution is 2.46. The number of hydrogen-bond donors (Lipinski definition) is 0. The van der Waals surface area contributed by atoms with Crippen LogP contribution in [0, 0.1) is 17.0 Å². The van der Waals surface area contributed by atoms with Crippen molar-refractivity contribution in [1.82, 2.24) is 4.90 Å². The maximum absolute atomic E-state index is 13.8. The van der Waals surface area contributed by atoms with Gasteiger partial charge in [0.25, 0.3) is 0 Å². The molecule has 0 N–H and O–H groups in total. The van der Waals surface area contributed by atoms with Crippen LogP contribution >= 0.6 is 0 Å². The fraction of sp³-hybridized carbons (Fsp3) is 0.611. The van der Waals surface area contributed by atoms with E-state index < -0.39 is 11.6 Å². The molecule has 23 heavy (non-hydrogen) atoms. The average Bonchev–Trinajstić information content (AvgIpc) is 2.92. The molecule has 1 heterocycles. The lowest BCUT2D eigenvalue weighted by molar-refractivity contribution is -0.136.